The van der Waals surface area contributed by atoms with Gasteiger partial charge in [-0.1, -0.05) is 18.2 Å². The Kier molecular flexibility index (Phi) is 4.79. The number of alkyl halides is 3. The summed E-state index contributed by atoms with van der Waals surface area (Å²) in [6.07, 6.45) is 0.560. The van der Waals surface area contributed by atoms with Crippen molar-refractivity contribution in [2.24, 2.45) is 11.8 Å². The zero-order valence-corrected chi connectivity index (χ0v) is 16.3. The van der Waals surface area contributed by atoms with Crippen LogP contribution in [0.5, 0.6) is 0 Å². The molecule has 29 heavy (non-hydrogen) atoms. The monoisotopic (exact) mass is 430 g/mol. The second-order valence-corrected chi connectivity index (χ2v) is 9.78. The van der Waals surface area contributed by atoms with Gasteiger partial charge in [-0.25, -0.2) is 4.79 Å². The molecule has 1 heterocycles. The summed E-state index contributed by atoms with van der Waals surface area (Å²) in [4.78, 5) is 10.7. The summed E-state index contributed by atoms with van der Waals surface area (Å²) >= 11 is 0. The first-order valence-corrected chi connectivity index (χ1v) is 10.8. The molecule has 0 amide bonds. The predicted octanol–water partition coefficient (Wildman–Crippen LogP) is 2.36. The van der Waals surface area contributed by atoms with E-state index in [2.05, 4.69) is 4.72 Å². The molecule has 1 saturated carbocycles. The van der Waals surface area contributed by atoms with Crippen LogP contribution in [0.3, 0.4) is 0 Å². The lowest BCUT2D eigenvalue weighted by Gasteiger charge is -2.33. The third kappa shape index (κ3) is 3.80. The predicted molar refractivity (Wildman–Crippen MR) is 99.1 cm³/mol. The number of hydrogen-bond acceptors (Lipinski definition) is 3. The molecular weight excluding hydrogens is 409 g/mol. The van der Waals surface area contributed by atoms with Crippen molar-refractivity contribution in [2.75, 3.05) is 13.1 Å². The number of hydrogen-bond donors (Lipinski definition) is 2. The number of halogens is 3. The van der Waals surface area contributed by atoms with Crippen LogP contribution in [0.25, 0.3) is 6.08 Å². The molecule has 6 nitrogen and oxygen atoms in total. The van der Waals surface area contributed by atoms with E-state index >= 15 is 0 Å². The molecule has 1 aromatic carbocycles. The molecule has 3 aliphatic rings. The van der Waals surface area contributed by atoms with Crippen molar-refractivity contribution in [3.05, 3.63) is 41.0 Å². The SMILES string of the molecule is O=C(O)C=Cc1ccc2c(c1)C[C@H]1CC[C@@H](C2)[C@]12CN(CC(F)(F)F)S(=O)(=O)N2. The van der Waals surface area contributed by atoms with E-state index in [-0.39, 0.29) is 18.4 Å². The van der Waals surface area contributed by atoms with Gasteiger partial charge >= 0.3 is 12.1 Å². The van der Waals surface area contributed by atoms with E-state index in [9.17, 15) is 26.4 Å². The number of carboxylic acids is 1. The number of carbonyl (C=O) groups is 1. The number of fused-ring (bicyclic) bond motifs is 1. The number of rotatable bonds is 3. The van der Waals surface area contributed by atoms with Crippen molar-refractivity contribution >= 4 is 22.3 Å². The lowest BCUT2D eigenvalue weighted by atomic mass is 9.79. The minimum absolute atomic E-state index is 0.0813. The lowest BCUT2D eigenvalue weighted by molar-refractivity contribution is -0.136. The molecule has 4 rings (SSSR count). The van der Waals surface area contributed by atoms with Crippen molar-refractivity contribution in [3.8, 4) is 0 Å². The van der Waals surface area contributed by atoms with Gasteiger partial charge in [-0.2, -0.15) is 30.6 Å². The van der Waals surface area contributed by atoms with Crippen molar-refractivity contribution in [2.45, 2.75) is 37.4 Å². The maximum absolute atomic E-state index is 12.9. The van der Waals surface area contributed by atoms with Gasteiger partial charge < -0.3 is 5.11 Å². The quantitative estimate of drug-likeness (QED) is 0.721. The molecule has 2 fully saturated rings. The van der Waals surface area contributed by atoms with Gasteiger partial charge in [-0.05, 0) is 60.3 Å². The Balaban J connectivity index is 1.65. The summed E-state index contributed by atoms with van der Waals surface area (Å²) in [6, 6.07) is 5.60. The molecule has 0 aromatic heterocycles. The molecule has 1 spiro atoms. The Morgan fingerprint density at radius 1 is 1.24 bits per heavy atom. The average Bonchev–Trinajstić information content (AvgIpc) is 2.97. The maximum Gasteiger partial charge on any atom is 0.402 e. The smallest absolute Gasteiger partial charge is 0.402 e. The zero-order valence-electron chi connectivity index (χ0n) is 15.4. The third-order valence-electron chi connectivity index (χ3n) is 6.35. The Bertz CT molecular complexity index is 976. The summed E-state index contributed by atoms with van der Waals surface area (Å²) in [7, 11) is -4.20. The minimum Gasteiger partial charge on any atom is -0.478 e. The molecule has 158 valence electrons. The fourth-order valence-corrected chi connectivity index (χ4v) is 6.84. The molecule has 0 unspecified atom stereocenters. The molecule has 1 aliphatic heterocycles. The number of carboxylic acid groups (broad SMARTS) is 1. The van der Waals surface area contributed by atoms with Gasteiger partial charge in [0.2, 0.25) is 0 Å². The van der Waals surface area contributed by atoms with Crippen LogP contribution in [-0.4, -0.2) is 48.6 Å². The van der Waals surface area contributed by atoms with Gasteiger partial charge in [0.15, 0.2) is 0 Å². The molecule has 2 bridgehead atoms. The summed E-state index contributed by atoms with van der Waals surface area (Å²) in [5.41, 5.74) is 1.86. The van der Waals surface area contributed by atoms with Gasteiger partial charge in [-0.15, -0.1) is 0 Å². The van der Waals surface area contributed by atoms with Crippen LogP contribution < -0.4 is 4.72 Å². The van der Waals surface area contributed by atoms with E-state index < -0.39 is 34.4 Å². The summed E-state index contributed by atoms with van der Waals surface area (Å²) < 4.78 is 66.8. The Morgan fingerprint density at radius 2 is 1.90 bits per heavy atom. The molecule has 2 N–H and O–H groups in total. The maximum atomic E-state index is 12.9. The van der Waals surface area contributed by atoms with Crippen LogP contribution in [0.15, 0.2) is 24.3 Å². The summed E-state index contributed by atoms with van der Waals surface area (Å²) in [5, 5.41) is 8.80. The highest BCUT2D eigenvalue weighted by Gasteiger charge is 2.60. The van der Waals surface area contributed by atoms with Gasteiger partial charge in [0.25, 0.3) is 10.2 Å². The lowest BCUT2D eigenvalue weighted by Crippen LogP contribution is -2.52. The van der Waals surface area contributed by atoms with E-state index in [1.54, 1.807) is 6.07 Å². The number of nitrogens with zero attached hydrogens (tertiary/aromatic N) is 1. The first kappa shape index (κ1) is 20.4. The van der Waals surface area contributed by atoms with E-state index in [1.807, 2.05) is 12.1 Å². The molecule has 2 aliphatic carbocycles. The van der Waals surface area contributed by atoms with Gasteiger partial charge in [0, 0.05) is 12.6 Å². The second kappa shape index (κ2) is 6.82. The van der Waals surface area contributed by atoms with Gasteiger partial charge in [-0.3, -0.25) is 0 Å². The minimum atomic E-state index is -4.60. The molecular formula is C19H21F3N2O4S. The molecule has 0 radical (unpaired) electrons. The van der Waals surface area contributed by atoms with Crippen LogP contribution in [-0.2, 0) is 27.8 Å². The van der Waals surface area contributed by atoms with E-state index in [0.29, 0.717) is 17.1 Å². The molecule has 3 atom stereocenters. The Labute approximate surface area is 166 Å². The fraction of sp³-hybridized carbons (Fsp3) is 0.526. The normalized spacial score (nSPS) is 31.3. The third-order valence-corrected chi connectivity index (χ3v) is 7.93. The van der Waals surface area contributed by atoms with E-state index in [1.165, 1.54) is 6.08 Å². The highest BCUT2D eigenvalue weighted by molar-refractivity contribution is 7.87. The second-order valence-electron chi connectivity index (χ2n) is 8.11. The van der Waals surface area contributed by atoms with Crippen LogP contribution in [0.1, 0.15) is 29.5 Å². The number of nitrogens with one attached hydrogen (secondary N) is 1. The summed E-state index contributed by atoms with van der Waals surface area (Å²) in [6.45, 7) is -1.66. The average molecular weight is 430 g/mol. The van der Waals surface area contributed by atoms with E-state index in [4.69, 9.17) is 5.11 Å². The van der Waals surface area contributed by atoms with Crippen LogP contribution in [0.4, 0.5) is 13.2 Å². The largest absolute Gasteiger partial charge is 0.478 e. The van der Waals surface area contributed by atoms with Crippen molar-refractivity contribution in [3.63, 3.8) is 0 Å². The first-order chi connectivity index (χ1) is 13.5. The van der Waals surface area contributed by atoms with E-state index in [0.717, 1.165) is 35.6 Å². The highest BCUT2D eigenvalue weighted by Crippen LogP contribution is 2.50. The fourth-order valence-electron chi connectivity index (χ4n) is 5.14. The number of aliphatic carboxylic acids is 1. The van der Waals surface area contributed by atoms with Crippen LogP contribution >= 0.6 is 0 Å². The van der Waals surface area contributed by atoms with Crippen molar-refractivity contribution < 1.29 is 31.5 Å². The standard InChI is InChI=1S/C19H21F3N2O4S/c20-19(21,22)11-24-10-18(23-29(24,27)28)15-4-5-16(18)9-14-7-12(2-6-17(25)26)1-3-13(14)8-15/h1-3,6-7,15-16,23H,4-5,8-11H2,(H,25,26)/t15-,16+,18+/m0/s1. The zero-order chi connectivity index (χ0) is 21.0. The Morgan fingerprint density at radius 3 is 2.52 bits per heavy atom. The number of benzene rings is 1. The topological polar surface area (TPSA) is 86.7 Å². The van der Waals surface area contributed by atoms with Gasteiger partial charge in [0.05, 0.1) is 5.54 Å². The summed E-state index contributed by atoms with van der Waals surface area (Å²) in [5.74, 6) is -1.24. The van der Waals surface area contributed by atoms with Crippen molar-refractivity contribution in [1.29, 1.82) is 0 Å². The molecule has 10 heteroatoms. The highest BCUT2D eigenvalue weighted by atomic mass is 32.2. The molecule has 1 saturated heterocycles. The molecule has 1 aromatic rings. The van der Waals surface area contributed by atoms with Crippen LogP contribution in [0.2, 0.25) is 0 Å². The first-order valence-electron chi connectivity index (χ1n) is 9.37. The van der Waals surface area contributed by atoms with Crippen molar-refractivity contribution in [1.82, 2.24) is 9.03 Å². The van der Waals surface area contributed by atoms with Crippen LogP contribution in [0, 0.1) is 11.8 Å². The van der Waals surface area contributed by atoms with Gasteiger partial charge in [0.1, 0.15) is 6.54 Å². The Hall–Kier alpha value is -1.91.